The van der Waals surface area contributed by atoms with Crippen LogP contribution in [0.4, 0.5) is 0 Å². The fourth-order valence-electron chi connectivity index (χ4n) is 2.50. The summed E-state index contributed by atoms with van der Waals surface area (Å²) in [4.78, 5) is 2.00. The van der Waals surface area contributed by atoms with Crippen molar-refractivity contribution in [2.75, 3.05) is 14.1 Å². The first-order valence-corrected chi connectivity index (χ1v) is 6.84. The number of rotatable bonds is 4. The van der Waals surface area contributed by atoms with Gasteiger partial charge >= 0.3 is 7.12 Å². The summed E-state index contributed by atoms with van der Waals surface area (Å²) in [7, 11) is 2.55. The van der Waals surface area contributed by atoms with Crippen LogP contribution >= 0.6 is 0 Å². The van der Waals surface area contributed by atoms with Crippen molar-refractivity contribution in [1.29, 1.82) is 0 Å². The summed E-state index contributed by atoms with van der Waals surface area (Å²) in [6.07, 6.45) is 4.07. The standard InChI is InChI=1S/C14H22BNO3/c1-10(16(2)3)19-14-9-8-13(15(17)18)11-6-4-5-7-12(11)14/h8-10,17-18H,4-7H2,1-3H3. The Morgan fingerprint density at radius 2 is 1.79 bits per heavy atom. The van der Waals surface area contributed by atoms with E-state index in [-0.39, 0.29) is 6.23 Å². The molecule has 1 aromatic rings. The fourth-order valence-corrected chi connectivity index (χ4v) is 2.50. The minimum atomic E-state index is -1.40. The molecule has 0 amide bonds. The second-order valence-electron chi connectivity index (χ2n) is 5.37. The molecule has 0 heterocycles. The lowest BCUT2D eigenvalue weighted by atomic mass is 9.72. The van der Waals surface area contributed by atoms with E-state index >= 15 is 0 Å². The summed E-state index contributed by atoms with van der Waals surface area (Å²) in [6, 6.07) is 3.63. The zero-order chi connectivity index (χ0) is 14.0. The molecule has 2 N–H and O–H groups in total. The molecule has 0 bridgehead atoms. The van der Waals surface area contributed by atoms with E-state index in [4.69, 9.17) is 4.74 Å². The van der Waals surface area contributed by atoms with Crippen LogP contribution < -0.4 is 10.2 Å². The molecule has 1 aliphatic rings. The first-order chi connectivity index (χ1) is 9.00. The molecule has 19 heavy (non-hydrogen) atoms. The molecule has 2 rings (SSSR count). The number of ether oxygens (including phenoxy) is 1. The maximum Gasteiger partial charge on any atom is 0.488 e. The molecule has 1 unspecified atom stereocenters. The van der Waals surface area contributed by atoms with E-state index in [0.717, 1.165) is 42.6 Å². The molecule has 1 atom stereocenters. The monoisotopic (exact) mass is 263 g/mol. The predicted octanol–water partition coefficient (Wildman–Crippen LogP) is 0.532. The molecule has 1 aliphatic carbocycles. The summed E-state index contributed by atoms with van der Waals surface area (Å²) in [5, 5.41) is 18.9. The molecule has 0 fully saturated rings. The lowest BCUT2D eigenvalue weighted by molar-refractivity contribution is 0.0803. The summed E-state index contributed by atoms with van der Waals surface area (Å²) in [5.74, 6) is 0.875. The van der Waals surface area contributed by atoms with Gasteiger partial charge in [-0.05, 0) is 69.4 Å². The highest BCUT2D eigenvalue weighted by Crippen LogP contribution is 2.29. The minimum absolute atomic E-state index is 0.00377. The highest BCUT2D eigenvalue weighted by molar-refractivity contribution is 6.59. The quantitative estimate of drug-likeness (QED) is 0.614. The average molecular weight is 263 g/mol. The van der Waals surface area contributed by atoms with Crippen LogP contribution in [0.25, 0.3) is 0 Å². The zero-order valence-electron chi connectivity index (χ0n) is 11.9. The van der Waals surface area contributed by atoms with Crippen molar-refractivity contribution in [1.82, 2.24) is 4.90 Å². The first-order valence-electron chi connectivity index (χ1n) is 6.84. The van der Waals surface area contributed by atoms with E-state index in [9.17, 15) is 10.0 Å². The van der Waals surface area contributed by atoms with Crippen molar-refractivity contribution >= 4 is 12.6 Å². The van der Waals surface area contributed by atoms with Crippen molar-refractivity contribution < 1.29 is 14.8 Å². The topological polar surface area (TPSA) is 52.9 Å². The van der Waals surface area contributed by atoms with Gasteiger partial charge in [-0.2, -0.15) is 0 Å². The summed E-state index contributed by atoms with van der Waals surface area (Å²) in [6.45, 7) is 2.00. The molecule has 104 valence electrons. The summed E-state index contributed by atoms with van der Waals surface area (Å²) < 4.78 is 5.97. The van der Waals surface area contributed by atoms with E-state index in [0.29, 0.717) is 5.46 Å². The third-order valence-electron chi connectivity index (χ3n) is 3.83. The lowest BCUT2D eigenvalue weighted by Crippen LogP contribution is -2.36. The molecular weight excluding hydrogens is 241 g/mol. The van der Waals surface area contributed by atoms with Crippen LogP contribution in [0.5, 0.6) is 5.75 Å². The smallest absolute Gasteiger partial charge is 0.475 e. The first kappa shape index (κ1) is 14.4. The van der Waals surface area contributed by atoms with E-state index in [1.807, 2.05) is 32.0 Å². The SMILES string of the molecule is CC(Oc1ccc(B(O)O)c2c1CCCC2)N(C)C. The van der Waals surface area contributed by atoms with Crippen molar-refractivity contribution in [3.05, 3.63) is 23.3 Å². The van der Waals surface area contributed by atoms with Gasteiger partial charge in [0.2, 0.25) is 0 Å². The van der Waals surface area contributed by atoms with Gasteiger partial charge in [0.15, 0.2) is 0 Å². The van der Waals surface area contributed by atoms with Gasteiger partial charge < -0.3 is 14.8 Å². The Balaban J connectivity index is 2.35. The van der Waals surface area contributed by atoms with Crippen molar-refractivity contribution in [3.8, 4) is 5.75 Å². The maximum absolute atomic E-state index is 9.45. The van der Waals surface area contributed by atoms with Crippen LogP contribution in [0.1, 0.15) is 30.9 Å². The minimum Gasteiger partial charge on any atom is -0.475 e. The van der Waals surface area contributed by atoms with Gasteiger partial charge in [-0.25, -0.2) is 0 Å². The molecule has 0 radical (unpaired) electrons. The molecule has 4 nitrogen and oxygen atoms in total. The van der Waals surface area contributed by atoms with Crippen LogP contribution in [0, 0.1) is 0 Å². The van der Waals surface area contributed by atoms with Gasteiger partial charge in [0, 0.05) is 0 Å². The van der Waals surface area contributed by atoms with Crippen molar-refractivity contribution in [2.24, 2.45) is 0 Å². The highest BCUT2D eigenvalue weighted by atomic mass is 16.5. The number of nitrogens with zero attached hydrogens (tertiary/aromatic N) is 1. The fraction of sp³-hybridized carbons (Fsp3) is 0.571. The molecule has 1 aromatic carbocycles. The van der Waals surface area contributed by atoms with Crippen LogP contribution in [-0.4, -0.2) is 42.4 Å². The predicted molar refractivity (Wildman–Crippen MR) is 76.7 cm³/mol. The Morgan fingerprint density at radius 3 is 2.37 bits per heavy atom. The Morgan fingerprint density at radius 1 is 1.16 bits per heavy atom. The molecule has 0 saturated heterocycles. The van der Waals surface area contributed by atoms with Crippen LogP contribution in [0.3, 0.4) is 0 Å². The lowest BCUT2D eigenvalue weighted by Gasteiger charge is -2.27. The summed E-state index contributed by atoms with van der Waals surface area (Å²) in [5.41, 5.74) is 2.83. The number of hydrogen-bond acceptors (Lipinski definition) is 4. The molecule has 0 aromatic heterocycles. The second-order valence-corrected chi connectivity index (χ2v) is 5.37. The third-order valence-corrected chi connectivity index (χ3v) is 3.83. The van der Waals surface area contributed by atoms with Gasteiger partial charge in [-0.1, -0.05) is 6.07 Å². The third kappa shape index (κ3) is 3.11. The molecular formula is C14H22BNO3. The van der Waals surface area contributed by atoms with Crippen LogP contribution in [0.2, 0.25) is 0 Å². The van der Waals surface area contributed by atoms with Gasteiger partial charge in [0.25, 0.3) is 0 Å². The Kier molecular flexibility index (Phi) is 4.50. The van der Waals surface area contributed by atoms with E-state index < -0.39 is 7.12 Å². The summed E-state index contributed by atoms with van der Waals surface area (Å²) >= 11 is 0. The van der Waals surface area contributed by atoms with E-state index in [1.54, 1.807) is 6.07 Å². The average Bonchev–Trinajstić information content (AvgIpc) is 2.38. The van der Waals surface area contributed by atoms with Crippen molar-refractivity contribution in [3.63, 3.8) is 0 Å². The molecule has 0 saturated carbocycles. The van der Waals surface area contributed by atoms with E-state index in [2.05, 4.69) is 0 Å². The number of hydrogen-bond donors (Lipinski definition) is 2. The van der Waals surface area contributed by atoms with E-state index in [1.165, 1.54) is 0 Å². The van der Waals surface area contributed by atoms with Gasteiger partial charge in [0.05, 0.1) is 0 Å². The highest BCUT2D eigenvalue weighted by Gasteiger charge is 2.24. The van der Waals surface area contributed by atoms with Crippen LogP contribution in [0.15, 0.2) is 12.1 Å². The normalized spacial score (nSPS) is 16.1. The van der Waals surface area contributed by atoms with Gasteiger partial charge in [0.1, 0.15) is 12.0 Å². The number of benzene rings is 1. The zero-order valence-corrected chi connectivity index (χ0v) is 11.9. The van der Waals surface area contributed by atoms with Crippen molar-refractivity contribution in [2.45, 2.75) is 38.8 Å². The molecule has 0 spiro atoms. The number of fused-ring (bicyclic) bond motifs is 1. The maximum atomic E-state index is 9.45. The van der Waals surface area contributed by atoms with Gasteiger partial charge in [-0.15, -0.1) is 0 Å². The van der Waals surface area contributed by atoms with Crippen LogP contribution in [-0.2, 0) is 12.8 Å². The molecule has 5 heteroatoms. The largest absolute Gasteiger partial charge is 0.488 e. The Hall–Kier alpha value is -1.04. The Bertz CT molecular complexity index is 449. The van der Waals surface area contributed by atoms with Gasteiger partial charge in [-0.3, -0.25) is 4.90 Å². The second kappa shape index (κ2) is 5.95. The molecule has 0 aliphatic heterocycles. The Labute approximate surface area is 115 Å².